The Morgan fingerprint density at radius 1 is 1.57 bits per heavy atom. The number of nitro benzene ring substituents is 1. The van der Waals surface area contributed by atoms with Crippen molar-refractivity contribution in [3.05, 3.63) is 39.4 Å². The van der Waals surface area contributed by atoms with E-state index >= 15 is 0 Å². The topological polar surface area (TPSA) is 43.1 Å². The molecule has 0 aliphatic rings. The third-order valence-corrected chi connectivity index (χ3v) is 2.07. The minimum atomic E-state index is -0.394. The molecule has 0 heterocycles. The highest BCUT2D eigenvalue weighted by Crippen LogP contribution is 2.19. The van der Waals surface area contributed by atoms with E-state index in [-0.39, 0.29) is 5.69 Å². The number of hydrogen-bond acceptors (Lipinski definition) is 2. The Labute approximate surface area is 90.4 Å². The van der Waals surface area contributed by atoms with Gasteiger partial charge in [0.15, 0.2) is 0 Å². The molecule has 4 heteroatoms. The number of halogens is 1. The number of hydrogen-bond donors (Lipinski definition) is 0. The summed E-state index contributed by atoms with van der Waals surface area (Å²) in [5, 5.41) is 11.2. The summed E-state index contributed by atoms with van der Waals surface area (Å²) in [5.41, 5.74) is 1.44. The van der Waals surface area contributed by atoms with Gasteiger partial charge in [-0.3, -0.25) is 10.1 Å². The second kappa shape index (κ2) is 4.77. The summed E-state index contributed by atoms with van der Waals surface area (Å²) in [4.78, 5) is 10.2. The van der Waals surface area contributed by atoms with Crippen LogP contribution in [-0.4, -0.2) is 10.3 Å². The van der Waals surface area contributed by atoms with Gasteiger partial charge in [-0.05, 0) is 13.0 Å². The first-order valence-electron chi connectivity index (χ1n) is 3.95. The van der Waals surface area contributed by atoms with Gasteiger partial charge in [-0.2, -0.15) is 0 Å². The molecule has 0 aliphatic carbocycles. The van der Waals surface area contributed by atoms with Crippen LogP contribution in [0.2, 0.25) is 0 Å². The predicted octanol–water partition coefficient (Wildman–Crippen LogP) is 2.65. The van der Waals surface area contributed by atoms with Gasteiger partial charge in [0.25, 0.3) is 5.69 Å². The van der Waals surface area contributed by atoms with Crippen LogP contribution in [0.1, 0.15) is 11.1 Å². The molecule has 1 aromatic carbocycles. The van der Waals surface area contributed by atoms with Gasteiger partial charge >= 0.3 is 0 Å². The van der Waals surface area contributed by atoms with Gasteiger partial charge in [0, 0.05) is 17.2 Å². The normalized spacial score (nSPS) is 9.00. The molecule has 0 aromatic heterocycles. The second-order valence-corrected chi connectivity index (χ2v) is 3.20. The van der Waals surface area contributed by atoms with Gasteiger partial charge in [-0.25, -0.2) is 0 Å². The maximum absolute atomic E-state index is 10.6. The van der Waals surface area contributed by atoms with E-state index in [1.54, 1.807) is 19.1 Å². The van der Waals surface area contributed by atoms with Crippen molar-refractivity contribution in [3.63, 3.8) is 0 Å². The summed E-state index contributed by atoms with van der Waals surface area (Å²) in [6.07, 6.45) is 0. The van der Waals surface area contributed by atoms with E-state index in [1.165, 1.54) is 6.07 Å². The second-order valence-electron chi connectivity index (χ2n) is 2.64. The Kier molecular flexibility index (Phi) is 3.66. The highest BCUT2D eigenvalue weighted by molar-refractivity contribution is 9.09. The number of rotatable bonds is 1. The van der Waals surface area contributed by atoms with Crippen molar-refractivity contribution in [3.8, 4) is 11.8 Å². The molecule has 0 saturated heterocycles. The smallest absolute Gasteiger partial charge is 0.258 e. The van der Waals surface area contributed by atoms with Gasteiger partial charge in [0.1, 0.15) is 0 Å². The van der Waals surface area contributed by atoms with Crippen molar-refractivity contribution >= 4 is 21.6 Å². The molecular formula is C10H8BrNO2. The molecule has 0 saturated carbocycles. The molecule has 72 valence electrons. The maximum Gasteiger partial charge on any atom is 0.273 e. The van der Waals surface area contributed by atoms with Crippen molar-refractivity contribution < 1.29 is 4.92 Å². The molecule has 1 aromatic rings. The quantitative estimate of drug-likeness (QED) is 0.334. The van der Waals surface area contributed by atoms with Crippen molar-refractivity contribution in [2.45, 2.75) is 6.92 Å². The summed E-state index contributed by atoms with van der Waals surface area (Å²) in [6, 6.07) is 4.90. The Balaban J connectivity index is 3.20. The van der Waals surface area contributed by atoms with Crippen LogP contribution < -0.4 is 0 Å². The van der Waals surface area contributed by atoms with Crippen molar-refractivity contribution in [1.29, 1.82) is 0 Å². The number of nitrogens with zero attached hydrogens (tertiary/aromatic N) is 1. The molecular weight excluding hydrogens is 246 g/mol. The van der Waals surface area contributed by atoms with Gasteiger partial charge in [-0.1, -0.05) is 33.8 Å². The molecule has 0 aliphatic heterocycles. The third kappa shape index (κ3) is 2.33. The van der Waals surface area contributed by atoms with Crippen LogP contribution in [0, 0.1) is 28.9 Å². The van der Waals surface area contributed by atoms with Crippen LogP contribution in [0.15, 0.2) is 18.2 Å². The van der Waals surface area contributed by atoms with E-state index in [4.69, 9.17) is 0 Å². The van der Waals surface area contributed by atoms with Crippen LogP contribution in [0.5, 0.6) is 0 Å². The Bertz CT molecular complexity index is 418. The van der Waals surface area contributed by atoms with E-state index in [0.29, 0.717) is 16.5 Å². The van der Waals surface area contributed by atoms with Gasteiger partial charge < -0.3 is 0 Å². The van der Waals surface area contributed by atoms with Crippen LogP contribution in [0.25, 0.3) is 0 Å². The highest BCUT2D eigenvalue weighted by atomic mass is 79.9. The zero-order valence-electron chi connectivity index (χ0n) is 7.58. The minimum absolute atomic E-state index is 0.117. The highest BCUT2D eigenvalue weighted by Gasteiger charge is 2.11. The molecule has 1 rings (SSSR count). The minimum Gasteiger partial charge on any atom is -0.258 e. The summed E-state index contributed by atoms with van der Waals surface area (Å²) in [6.45, 7) is 1.70. The molecule has 14 heavy (non-hydrogen) atoms. The van der Waals surface area contributed by atoms with Gasteiger partial charge in [-0.15, -0.1) is 0 Å². The largest absolute Gasteiger partial charge is 0.273 e. The summed E-state index contributed by atoms with van der Waals surface area (Å²) >= 11 is 3.17. The number of benzene rings is 1. The zero-order chi connectivity index (χ0) is 10.6. The van der Waals surface area contributed by atoms with Crippen LogP contribution in [0.3, 0.4) is 0 Å². The molecule has 0 fully saturated rings. The number of nitro groups is 1. The molecule has 0 amide bonds. The average molecular weight is 254 g/mol. The summed E-state index contributed by atoms with van der Waals surface area (Å²) in [5.74, 6) is 5.67. The summed E-state index contributed by atoms with van der Waals surface area (Å²) in [7, 11) is 0. The predicted molar refractivity (Wildman–Crippen MR) is 58.5 cm³/mol. The Hall–Kier alpha value is -1.34. The first-order chi connectivity index (χ1) is 6.66. The summed E-state index contributed by atoms with van der Waals surface area (Å²) < 4.78 is 0. The maximum atomic E-state index is 10.6. The van der Waals surface area contributed by atoms with E-state index in [0.717, 1.165) is 0 Å². The molecule has 0 bridgehead atoms. The monoisotopic (exact) mass is 253 g/mol. The molecule has 0 radical (unpaired) electrons. The zero-order valence-corrected chi connectivity index (χ0v) is 9.17. The van der Waals surface area contributed by atoms with Crippen LogP contribution >= 0.6 is 15.9 Å². The molecule has 0 spiro atoms. The Morgan fingerprint density at radius 3 is 2.86 bits per heavy atom. The fourth-order valence-corrected chi connectivity index (χ4v) is 1.23. The van der Waals surface area contributed by atoms with Gasteiger partial charge in [0.05, 0.1) is 10.3 Å². The lowest BCUT2D eigenvalue weighted by atomic mass is 10.1. The van der Waals surface area contributed by atoms with E-state index in [9.17, 15) is 10.1 Å². The van der Waals surface area contributed by atoms with Crippen molar-refractivity contribution in [2.75, 3.05) is 5.33 Å². The number of alkyl halides is 1. The standard InChI is InChI=1S/C10H8BrNO2/c1-8-9(5-3-7-11)4-2-6-10(8)12(13)14/h2,4,6H,7H2,1H3. The lowest BCUT2D eigenvalue weighted by Crippen LogP contribution is -1.93. The first-order valence-corrected chi connectivity index (χ1v) is 5.08. The first kappa shape index (κ1) is 10.7. The fourth-order valence-electron chi connectivity index (χ4n) is 1.09. The average Bonchev–Trinajstić information content (AvgIpc) is 2.16. The third-order valence-electron chi connectivity index (χ3n) is 1.79. The van der Waals surface area contributed by atoms with Crippen LogP contribution in [-0.2, 0) is 0 Å². The Morgan fingerprint density at radius 2 is 2.29 bits per heavy atom. The lowest BCUT2D eigenvalue weighted by Gasteiger charge is -1.98. The van der Waals surface area contributed by atoms with Gasteiger partial charge in [0.2, 0.25) is 0 Å². The van der Waals surface area contributed by atoms with Crippen LogP contribution in [0.4, 0.5) is 5.69 Å². The molecule has 0 atom stereocenters. The van der Waals surface area contributed by atoms with E-state index in [2.05, 4.69) is 27.8 Å². The SMILES string of the molecule is Cc1c(C#CCBr)cccc1[N+](=O)[O-]. The lowest BCUT2D eigenvalue weighted by molar-refractivity contribution is -0.385. The molecule has 3 nitrogen and oxygen atoms in total. The molecule has 0 unspecified atom stereocenters. The van der Waals surface area contributed by atoms with E-state index in [1.807, 2.05) is 0 Å². The van der Waals surface area contributed by atoms with E-state index < -0.39 is 4.92 Å². The van der Waals surface area contributed by atoms with Crippen molar-refractivity contribution in [1.82, 2.24) is 0 Å². The van der Waals surface area contributed by atoms with Crippen molar-refractivity contribution in [2.24, 2.45) is 0 Å². The fraction of sp³-hybridized carbons (Fsp3) is 0.200. The molecule has 0 N–H and O–H groups in total.